The summed E-state index contributed by atoms with van der Waals surface area (Å²) in [5.74, 6) is -5.01. The van der Waals surface area contributed by atoms with Gasteiger partial charge in [-0.2, -0.15) is 13.2 Å². The van der Waals surface area contributed by atoms with Crippen molar-refractivity contribution in [1.29, 1.82) is 0 Å². The molecule has 2 unspecified atom stereocenters. The van der Waals surface area contributed by atoms with Gasteiger partial charge in [-0.3, -0.25) is 19.3 Å². The minimum absolute atomic E-state index is 0.257. The van der Waals surface area contributed by atoms with Gasteiger partial charge in [-0.05, 0) is 38.2 Å². The SMILES string of the molecule is CC(CN(C)C(C)C(=O)Nc1ccc(C(N)=O)cc1)C(=O)O.O=C(O)C(F)(F)F. The van der Waals surface area contributed by atoms with Crippen molar-refractivity contribution in [2.75, 3.05) is 18.9 Å². The second-order valence-electron chi connectivity index (χ2n) is 6.09. The maximum absolute atomic E-state index is 12.1. The molecule has 1 aromatic carbocycles. The molecule has 0 aliphatic rings. The van der Waals surface area contributed by atoms with E-state index in [9.17, 15) is 27.6 Å². The van der Waals surface area contributed by atoms with Crippen LogP contribution in [0.5, 0.6) is 0 Å². The van der Waals surface area contributed by atoms with Crippen LogP contribution < -0.4 is 11.1 Å². The first kappa shape index (κ1) is 25.9. The summed E-state index contributed by atoms with van der Waals surface area (Å²) in [5.41, 5.74) is 6.05. The molecule has 2 amide bonds. The first-order valence-corrected chi connectivity index (χ1v) is 8.10. The molecule has 0 saturated heterocycles. The molecule has 0 aliphatic heterocycles. The van der Waals surface area contributed by atoms with Gasteiger partial charge in [0, 0.05) is 17.8 Å². The summed E-state index contributed by atoms with van der Waals surface area (Å²) in [6.45, 7) is 3.55. The van der Waals surface area contributed by atoms with Crippen LogP contribution in [0, 0.1) is 5.92 Å². The highest BCUT2D eigenvalue weighted by molar-refractivity contribution is 5.96. The zero-order chi connectivity index (χ0) is 22.9. The molecule has 9 nitrogen and oxygen atoms in total. The fourth-order valence-electron chi connectivity index (χ4n) is 1.83. The monoisotopic (exact) mass is 421 g/mol. The third kappa shape index (κ3) is 9.55. The number of benzene rings is 1. The molecule has 29 heavy (non-hydrogen) atoms. The Labute approximate surface area is 164 Å². The number of nitrogens with one attached hydrogen (secondary N) is 1. The molecule has 0 heterocycles. The van der Waals surface area contributed by atoms with Crippen molar-refractivity contribution in [3.63, 3.8) is 0 Å². The number of carbonyl (C=O) groups excluding carboxylic acids is 2. The van der Waals surface area contributed by atoms with Crippen LogP contribution in [0.4, 0.5) is 18.9 Å². The number of hydrogen-bond acceptors (Lipinski definition) is 5. The van der Waals surface area contributed by atoms with Gasteiger partial charge in [-0.25, -0.2) is 4.79 Å². The Morgan fingerprint density at radius 1 is 1.10 bits per heavy atom. The average molecular weight is 421 g/mol. The summed E-state index contributed by atoms with van der Waals surface area (Å²) in [7, 11) is 1.69. The van der Waals surface area contributed by atoms with Crippen LogP contribution in [-0.2, 0) is 14.4 Å². The Balaban J connectivity index is 0.000000956. The number of amides is 2. The highest BCUT2D eigenvalue weighted by Crippen LogP contribution is 2.13. The number of likely N-dealkylation sites (N-methyl/N-ethyl adjacent to an activating group) is 1. The number of carbonyl (C=O) groups is 4. The van der Waals surface area contributed by atoms with Gasteiger partial charge >= 0.3 is 18.1 Å². The van der Waals surface area contributed by atoms with Crippen LogP contribution in [0.2, 0.25) is 0 Å². The third-order valence-corrected chi connectivity index (χ3v) is 3.70. The summed E-state index contributed by atoms with van der Waals surface area (Å²) in [4.78, 5) is 44.5. The van der Waals surface area contributed by atoms with Crippen LogP contribution in [0.15, 0.2) is 24.3 Å². The maximum atomic E-state index is 12.1. The molecule has 5 N–H and O–H groups in total. The lowest BCUT2D eigenvalue weighted by atomic mass is 10.1. The number of primary amides is 1. The van der Waals surface area contributed by atoms with Crippen molar-refractivity contribution >= 4 is 29.4 Å². The zero-order valence-electron chi connectivity index (χ0n) is 15.9. The molecule has 0 radical (unpaired) electrons. The second kappa shape index (κ2) is 11.0. The van der Waals surface area contributed by atoms with Crippen molar-refractivity contribution in [2.24, 2.45) is 11.7 Å². The van der Waals surface area contributed by atoms with Crippen molar-refractivity contribution in [3.8, 4) is 0 Å². The Morgan fingerprint density at radius 3 is 1.90 bits per heavy atom. The topological polar surface area (TPSA) is 150 Å². The van der Waals surface area contributed by atoms with E-state index in [1.54, 1.807) is 37.9 Å². The lowest BCUT2D eigenvalue weighted by Crippen LogP contribution is -2.42. The first-order valence-electron chi connectivity index (χ1n) is 8.10. The molecule has 162 valence electrons. The van der Waals surface area contributed by atoms with Gasteiger partial charge in [0.15, 0.2) is 0 Å². The highest BCUT2D eigenvalue weighted by atomic mass is 19.4. The minimum atomic E-state index is -5.08. The Hall–Kier alpha value is -3.15. The molecule has 0 bridgehead atoms. The summed E-state index contributed by atoms with van der Waals surface area (Å²) in [6, 6.07) is 5.74. The number of halogens is 3. The summed E-state index contributed by atoms with van der Waals surface area (Å²) in [6.07, 6.45) is -5.08. The van der Waals surface area contributed by atoms with E-state index in [1.807, 2.05) is 0 Å². The fourth-order valence-corrected chi connectivity index (χ4v) is 1.83. The standard InChI is InChI=1S/C15H21N3O4.C2HF3O2/c1-9(15(21)22)8-18(3)10(2)14(20)17-12-6-4-11(5-7-12)13(16)19;3-2(4,5)1(6)7/h4-7,9-10H,8H2,1-3H3,(H2,16,19)(H,17,20)(H,21,22);(H,6,7). The predicted molar refractivity (Wildman–Crippen MR) is 96.2 cm³/mol. The average Bonchev–Trinajstić information content (AvgIpc) is 2.60. The number of hydrogen-bond donors (Lipinski definition) is 4. The largest absolute Gasteiger partial charge is 0.490 e. The summed E-state index contributed by atoms with van der Waals surface area (Å²) in [5, 5.41) is 18.7. The number of carboxylic acid groups (broad SMARTS) is 2. The van der Waals surface area contributed by atoms with E-state index in [0.717, 1.165) is 0 Å². The number of carboxylic acids is 2. The lowest BCUT2D eigenvalue weighted by molar-refractivity contribution is -0.192. The van der Waals surface area contributed by atoms with Gasteiger partial charge in [0.2, 0.25) is 11.8 Å². The van der Waals surface area contributed by atoms with Gasteiger partial charge in [0.25, 0.3) is 0 Å². The second-order valence-corrected chi connectivity index (χ2v) is 6.09. The number of alkyl halides is 3. The number of aliphatic carboxylic acids is 2. The molecule has 0 aliphatic carbocycles. The molecule has 0 saturated carbocycles. The molecule has 0 aromatic heterocycles. The third-order valence-electron chi connectivity index (χ3n) is 3.70. The fraction of sp³-hybridized carbons (Fsp3) is 0.412. The van der Waals surface area contributed by atoms with E-state index in [-0.39, 0.29) is 12.5 Å². The molecule has 12 heteroatoms. The van der Waals surface area contributed by atoms with Gasteiger partial charge < -0.3 is 21.3 Å². The van der Waals surface area contributed by atoms with Crippen molar-refractivity contribution < 1.29 is 42.6 Å². The van der Waals surface area contributed by atoms with Gasteiger partial charge in [-0.15, -0.1) is 0 Å². The zero-order valence-corrected chi connectivity index (χ0v) is 15.9. The Morgan fingerprint density at radius 2 is 1.55 bits per heavy atom. The van der Waals surface area contributed by atoms with Gasteiger partial charge in [-0.1, -0.05) is 6.92 Å². The van der Waals surface area contributed by atoms with Crippen molar-refractivity contribution in [2.45, 2.75) is 26.1 Å². The van der Waals surface area contributed by atoms with Crippen molar-refractivity contribution in [3.05, 3.63) is 29.8 Å². The van der Waals surface area contributed by atoms with Crippen LogP contribution >= 0.6 is 0 Å². The maximum Gasteiger partial charge on any atom is 0.490 e. The summed E-state index contributed by atoms with van der Waals surface area (Å²) < 4.78 is 31.7. The molecule has 0 fully saturated rings. The van der Waals surface area contributed by atoms with Gasteiger partial charge in [0.1, 0.15) is 0 Å². The smallest absolute Gasteiger partial charge is 0.481 e. The lowest BCUT2D eigenvalue weighted by Gasteiger charge is -2.25. The van der Waals surface area contributed by atoms with E-state index in [1.165, 1.54) is 12.1 Å². The number of anilines is 1. The molecular weight excluding hydrogens is 399 g/mol. The van der Waals surface area contributed by atoms with E-state index < -0.39 is 36.0 Å². The van der Waals surface area contributed by atoms with Crippen LogP contribution in [0.3, 0.4) is 0 Å². The molecule has 1 rings (SSSR count). The summed E-state index contributed by atoms with van der Waals surface area (Å²) >= 11 is 0. The highest BCUT2D eigenvalue weighted by Gasteiger charge is 2.38. The van der Waals surface area contributed by atoms with Gasteiger partial charge in [0.05, 0.1) is 12.0 Å². The van der Waals surface area contributed by atoms with E-state index in [4.69, 9.17) is 20.7 Å². The Bertz CT molecular complexity index is 737. The molecular formula is C17H22F3N3O6. The Kier molecular flexibility index (Phi) is 9.80. The number of nitrogens with zero attached hydrogens (tertiary/aromatic N) is 1. The molecule has 2 atom stereocenters. The first-order chi connectivity index (χ1) is 13.2. The van der Waals surface area contributed by atoms with E-state index in [0.29, 0.717) is 11.3 Å². The normalized spacial score (nSPS) is 12.9. The van der Waals surface area contributed by atoms with Crippen LogP contribution in [0.1, 0.15) is 24.2 Å². The van der Waals surface area contributed by atoms with E-state index >= 15 is 0 Å². The number of nitrogens with two attached hydrogens (primary N) is 1. The molecule has 1 aromatic rings. The predicted octanol–water partition coefficient (Wildman–Crippen LogP) is 1.40. The minimum Gasteiger partial charge on any atom is -0.481 e. The molecule has 0 spiro atoms. The quantitative estimate of drug-likeness (QED) is 0.520. The van der Waals surface area contributed by atoms with Crippen molar-refractivity contribution in [1.82, 2.24) is 4.90 Å². The van der Waals surface area contributed by atoms with E-state index in [2.05, 4.69) is 5.32 Å². The van der Waals surface area contributed by atoms with Crippen LogP contribution in [0.25, 0.3) is 0 Å². The van der Waals surface area contributed by atoms with Crippen LogP contribution in [-0.4, -0.2) is 64.7 Å². The number of rotatable bonds is 7.